The standard InChI is InChI=1S/C15H28N2O3/c16-15(9-5-3-6-10-15)12-13(18)17-11-7-2-1-4-8-14(19)20/h1-12,16H2,(H,17,18)(H,19,20). The number of hydrogen-bond donors (Lipinski definition) is 3. The van der Waals surface area contributed by atoms with E-state index in [9.17, 15) is 9.59 Å². The molecule has 0 aromatic carbocycles. The van der Waals surface area contributed by atoms with Crippen LogP contribution in [0, 0.1) is 0 Å². The van der Waals surface area contributed by atoms with Crippen molar-refractivity contribution in [3.63, 3.8) is 0 Å². The van der Waals surface area contributed by atoms with Crippen LogP contribution in [-0.2, 0) is 9.59 Å². The molecule has 1 aliphatic carbocycles. The normalized spacial score (nSPS) is 17.6. The maximum absolute atomic E-state index is 11.8. The summed E-state index contributed by atoms with van der Waals surface area (Å²) in [4.78, 5) is 22.2. The fourth-order valence-corrected chi connectivity index (χ4v) is 2.80. The van der Waals surface area contributed by atoms with Crippen molar-refractivity contribution < 1.29 is 14.7 Å². The Labute approximate surface area is 121 Å². The van der Waals surface area contributed by atoms with Gasteiger partial charge in [-0.2, -0.15) is 0 Å². The molecule has 0 bridgehead atoms. The van der Waals surface area contributed by atoms with Crippen LogP contribution in [-0.4, -0.2) is 29.1 Å². The summed E-state index contributed by atoms with van der Waals surface area (Å²) in [6, 6.07) is 0. The minimum atomic E-state index is -0.737. The van der Waals surface area contributed by atoms with Crippen molar-refractivity contribution in [3.8, 4) is 0 Å². The molecular weight excluding hydrogens is 256 g/mol. The smallest absolute Gasteiger partial charge is 0.303 e. The van der Waals surface area contributed by atoms with E-state index >= 15 is 0 Å². The Morgan fingerprint density at radius 3 is 2.35 bits per heavy atom. The van der Waals surface area contributed by atoms with Gasteiger partial charge in [0.15, 0.2) is 0 Å². The maximum atomic E-state index is 11.8. The van der Waals surface area contributed by atoms with Gasteiger partial charge in [0.25, 0.3) is 0 Å². The molecule has 1 fully saturated rings. The van der Waals surface area contributed by atoms with E-state index in [-0.39, 0.29) is 17.9 Å². The van der Waals surface area contributed by atoms with Gasteiger partial charge in [-0.05, 0) is 25.7 Å². The van der Waals surface area contributed by atoms with Gasteiger partial charge in [-0.15, -0.1) is 0 Å². The van der Waals surface area contributed by atoms with Gasteiger partial charge in [0.1, 0.15) is 0 Å². The van der Waals surface area contributed by atoms with Gasteiger partial charge in [0.2, 0.25) is 5.91 Å². The number of unbranched alkanes of at least 4 members (excludes halogenated alkanes) is 3. The highest BCUT2D eigenvalue weighted by molar-refractivity contribution is 5.77. The fourth-order valence-electron chi connectivity index (χ4n) is 2.80. The third kappa shape index (κ3) is 7.48. The molecule has 0 atom stereocenters. The average molecular weight is 284 g/mol. The molecule has 5 heteroatoms. The van der Waals surface area contributed by atoms with Crippen LogP contribution < -0.4 is 11.1 Å². The minimum Gasteiger partial charge on any atom is -0.481 e. The zero-order chi connectivity index (χ0) is 14.8. The molecule has 0 spiro atoms. The van der Waals surface area contributed by atoms with Crippen LogP contribution in [0.25, 0.3) is 0 Å². The molecule has 5 nitrogen and oxygen atoms in total. The second kappa shape index (κ2) is 8.95. The van der Waals surface area contributed by atoms with Crippen molar-refractivity contribution in [1.82, 2.24) is 5.32 Å². The van der Waals surface area contributed by atoms with Crippen molar-refractivity contribution in [3.05, 3.63) is 0 Å². The summed E-state index contributed by atoms with van der Waals surface area (Å²) >= 11 is 0. The number of carboxylic acids is 1. The number of carbonyl (C=O) groups is 2. The van der Waals surface area contributed by atoms with Crippen LogP contribution in [0.5, 0.6) is 0 Å². The van der Waals surface area contributed by atoms with E-state index in [1.807, 2.05) is 0 Å². The molecule has 4 N–H and O–H groups in total. The van der Waals surface area contributed by atoms with Crippen LogP contribution in [0.3, 0.4) is 0 Å². The summed E-state index contributed by atoms with van der Waals surface area (Å²) in [6.07, 6.45) is 9.57. The third-order valence-electron chi connectivity index (χ3n) is 4.00. The molecule has 1 saturated carbocycles. The van der Waals surface area contributed by atoms with Gasteiger partial charge in [0.05, 0.1) is 0 Å². The highest BCUT2D eigenvalue weighted by Gasteiger charge is 2.29. The number of carboxylic acid groups (broad SMARTS) is 1. The lowest BCUT2D eigenvalue weighted by molar-refractivity contribution is -0.137. The SMILES string of the molecule is NC1(CC(=O)NCCCCCCC(=O)O)CCCCC1. The van der Waals surface area contributed by atoms with Crippen molar-refractivity contribution in [2.45, 2.75) is 76.2 Å². The topological polar surface area (TPSA) is 92.4 Å². The second-order valence-corrected chi connectivity index (χ2v) is 6.01. The van der Waals surface area contributed by atoms with Gasteiger partial charge in [-0.25, -0.2) is 0 Å². The highest BCUT2D eigenvalue weighted by Crippen LogP contribution is 2.28. The monoisotopic (exact) mass is 284 g/mol. The summed E-state index contributed by atoms with van der Waals surface area (Å²) < 4.78 is 0. The number of carbonyl (C=O) groups excluding carboxylic acids is 1. The summed E-state index contributed by atoms with van der Waals surface area (Å²) in [5.74, 6) is -0.682. The number of nitrogens with two attached hydrogens (primary N) is 1. The number of nitrogens with one attached hydrogen (secondary N) is 1. The van der Waals surface area contributed by atoms with Crippen molar-refractivity contribution in [2.24, 2.45) is 5.73 Å². The first-order valence-corrected chi connectivity index (χ1v) is 7.79. The zero-order valence-corrected chi connectivity index (χ0v) is 12.3. The predicted octanol–water partition coefficient (Wildman–Crippen LogP) is 2.19. The quantitative estimate of drug-likeness (QED) is 0.566. The molecular formula is C15H28N2O3. The van der Waals surface area contributed by atoms with Crippen LogP contribution in [0.1, 0.15) is 70.6 Å². The maximum Gasteiger partial charge on any atom is 0.303 e. The minimum absolute atomic E-state index is 0.0555. The largest absolute Gasteiger partial charge is 0.481 e. The lowest BCUT2D eigenvalue weighted by atomic mass is 9.80. The zero-order valence-electron chi connectivity index (χ0n) is 12.3. The number of amides is 1. The van der Waals surface area contributed by atoms with Gasteiger partial charge < -0.3 is 16.2 Å². The molecule has 0 aromatic rings. The van der Waals surface area contributed by atoms with Gasteiger partial charge in [0, 0.05) is 24.9 Å². The first-order valence-electron chi connectivity index (χ1n) is 7.79. The molecule has 0 aromatic heterocycles. The predicted molar refractivity (Wildman–Crippen MR) is 78.4 cm³/mol. The summed E-state index contributed by atoms with van der Waals surface area (Å²) in [5.41, 5.74) is 5.95. The molecule has 1 amide bonds. The van der Waals surface area contributed by atoms with E-state index in [2.05, 4.69) is 5.32 Å². The van der Waals surface area contributed by atoms with Crippen LogP contribution in [0.15, 0.2) is 0 Å². The Balaban J connectivity index is 2.01. The Bertz CT molecular complexity index is 312. The first-order chi connectivity index (χ1) is 9.52. The molecule has 0 radical (unpaired) electrons. The highest BCUT2D eigenvalue weighted by atomic mass is 16.4. The second-order valence-electron chi connectivity index (χ2n) is 6.01. The molecule has 0 heterocycles. The summed E-state index contributed by atoms with van der Waals surface area (Å²) in [6.45, 7) is 0.669. The number of hydrogen-bond acceptors (Lipinski definition) is 3. The lowest BCUT2D eigenvalue weighted by Crippen LogP contribution is -2.46. The van der Waals surface area contributed by atoms with E-state index < -0.39 is 5.97 Å². The van der Waals surface area contributed by atoms with Crippen molar-refractivity contribution in [2.75, 3.05) is 6.54 Å². The van der Waals surface area contributed by atoms with Crippen LogP contribution in [0.2, 0.25) is 0 Å². The first kappa shape index (κ1) is 17.0. The Hall–Kier alpha value is -1.10. The number of aliphatic carboxylic acids is 1. The Morgan fingerprint density at radius 1 is 1.05 bits per heavy atom. The molecule has 116 valence electrons. The molecule has 0 saturated heterocycles. The number of rotatable bonds is 9. The van der Waals surface area contributed by atoms with E-state index in [1.54, 1.807) is 0 Å². The molecule has 0 unspecified atom stereocenters. The molecule has 20 heavy (non-hydrogen) atoms. The fraction of sp³-hybridized carbons (Fsp3) is 0.867. The molecule has 1 aliphatic rings. The van der Waals surface area contributed by atoms with Crippen molar-refractivity contribution >= 4 is 11.9 Å². The van der Waals surface area contributed by atoms with Crippen LogP contribution >= 0.6 is 0 Å². The van der Waals surface area contributed by atoms with E-state index in [0.29, 0.717) is 13.0 Å². The third-order valence-corrected chi connectivity index (χ3v) is 4.00. The van der Waals surface area contributed by atoms with E-state index in [0.717, 1.165) is 51.4 Å². The molecule has 1 rings (SSSR count). The summed E-state index contributed by atoms with van der Waals surface area (Å²) in [7, 11) is 0. The van der Waals surface area contributed by atoms with Crippen molar-refractivity contribution in [1.29, 1.82) is 0 Å². The van der Waals surface area contributed by atoms with Gasteiger partial charge in [-0.1, -0.05) is 32.1 Å². The summed E-state index contributed by atoms with van der Waals surface area (Å²) in [5, 5.41) is 11.4. The van der Waals surface area contributed by atoms with Crippen LogP contribution in [0.4, 0.5) is 0 Å². The Kier molecular flexibility index (Phi) is 7.59. The Morgan fingerprint density at radius 2 is 1.70 bits per heavy atom. The van der Waals surface area contributed by atoms with E-state index in [1.165, 1.54) is 6.42 Å². The van der Waals surface area contributed by atoms with E-state index in [4.69, 9.17) is 10.8 Å². The van der Waals surface area contributed by atoms with Gasteiger partial charge >= 0.3 is 5.97 Å². The molecule has 0 aliphatic heterocycles. The average Bonchev–Trinajstić information content (AvgIpc) is 2.37. The van der Waals surface area contributed by atoms with Gasteiger partial charge in [-0.3, -0.25) is 9.59 Å². The lowest BCUT2D eigenvalue weighted by Gasteiger charge is -2.32.